The normalized spacial score (nSPS) is 20.2. The molecule has 7 nitrogen and oxygen atoms in total. The Morgan fingerprint density at radius 3 is 2.71 bits per heavy atom. The van der Waals surface area contributed by atoms with Crippen molar-refractivity contribution in [3.8, 4) is 0 Å². The molecule has 1 fully saturated rings. The van der Waals surface area contributed by atoms with E-state index < -0.39 is 10.9 Å². The average molecular weight is 334 g/mol. The minimum absolute atomic E-state index is 0.0612. The lowest BCUT2D eigenvalue weighted by Gasteiger charge is -2.29. The second-order valence-corrected chi connectivity index (χ2v) is 6.27. The van der Waals surface area contributed by atoms with Gasteiger partial charge in [0.25, 0.3) is 11.6 Å². The number of rotatable bonds is 5. The van der Waals surface area contributed by atoms with Crippen LogP contribution in [0.3, 0.4) is 0 Å². The van der Waals surface area contributed by atoms with Crippen LogP contribution < -0.4 is 5.32 Å². The Kier molecular flexibility index (Phi) is 5.89. The molecule has 1 saturated carbocycles. The van der Waals surface area contributed by atoms with E-state index in [2.05, 4.69) is 12.2 Å². The van der Waals surface area contributed by atoms with Gasteiger partial charge in [-0.3, -0.25) is 14.9 Å². The minimum atomic E-state index is -0.745. The van der Waals surface area contributed by atoms with E-state index in [0.29, 0.717) is 11.5 Å². The fraction of sp³-hybridized carbons (Fsp3) is 0.529. The number of amides is 1. The van der Waals surface area contributed by atoms with Crippen LogP contribution in [0.25, 0.3) is 0 Å². The van der Waals surface area contributed by atoms with E-state index >= 15 is 0 Å². The molecular formula is C17H22N2O5. The summed E-state index contributed by atoms with van der Waals surface area (Å²) in [7, 11) is 0. The van der Waals surface area contributed by atoms with Crippen molar-refractivity contribution >= 4 is 17.6 Å². The van der Waals surface area contributed by atoms with E-state index in [1.807, 2.05) is 0 Å². The highest BCUT2D eigenvalue weighted by atomic mass is 16.6. The third-order valence-electron chi connectivity index (χ3n) is 4.43. The number of nitrogens with one attached hydrogen (secondary N) is 1. The van der Waals surface area contributed by atoms with Crippen LogP contribution in [0, 0.1) is 23.0 Å². The van der Waals surface area contributed by atoms with Crippen LogP contribution in [0.2, 0.25) is 0 Å². The first-order valence-corrected chi connectivity index (χ1v) is 8.10. The second kappa shape index (κ2) is 7.90. The molecule has 1 aliphatic rings. The third kappa shape index (κ3) is 4.53. The predicted molar refractivity (Wildman–Crippen MR) is 87.7 cm³/mol. The van der Waals surface area contributed by atoms with Gasteiger partial charge in [0, 0.05) is 17.7 Å². The van der Waals surface area contributed by atoms with Crippen molar-refractivity contribution < 1.29 is 19.2 Å². The number of hydrogen-bond acceptors (Lipinski definition) is 5. The number of nitrogens with zero attached hydrogens (tertiary/aromatic N) is 1. The van der Waals surface area contributed by atoms with Crippen molar-refractivity contribution in [2.45, 2.75) is 45.6 Å². The molecule has 0 heterocycles. The standard InChI is InChI=1S/C17H22N2O5/c1-11-5-3-4-6-14(11)18-16(20)10-24-17(21)13-8-7-12(2)15(9-13)19(22)23/h7-9,11,14H,3-6,10H2,1-2H3,(H,18,20)/t11-,14+/m0/s1. The topological polar surface area (TPSA) is 98.5 Å². The number of nitro groups is 1. The molecule has 0 bridgehead atoms. The first-order valence-electron chi connectivity index (χ1n) is 8.10. The molecule has 1 N–H and O–H groups in total. The molecular weight excluding hydrogens is 312 g/mol. The van der Waals surface area contributed by atoms with Crippen LogP contribution in [0.15, 0.2) is 18.2 Å². The summed E-state index contributed by atoms with van der Waals surface area (Å²) in [6.45, 7) is 3.30. The van der Waals surface area contributed by atoms with E-state index in [4.69, 9.17) is 4.74 Å². The highest BCUT2D eigenvalue weighted by molar-refractivity contribution is 5.92. The number of carbonyl (C=O) groups excluding carboxylic acids is 2. The highest BCUT2D eigenvalue weighted by Gasteiger charge is 2.23. The van der Waals surface area contributed by atoms with Gasteiger partial charge in [0.1, 0.15) is 0 Å². The smallest absolute Gasteiger partial charge is 0.338 e. The molecule has 1 aliphatic carbocycles. The first kappa shape index (κ1) is 17.9. The molecule has 1 aromatic carbocycles. The van der Waals surface area contributed by atoms with E-state index in [1.54, 1.807) is 6.92 Å². The molecule has 0 saturated heterocycles. The molecule has 0 unspecified atom stereocenters. The molecule has 0 aliphatic heterocycles. The van der Waals surface area contributed by atoms with Gasteiger partial charge in [-0.15, -0.1) is 0 Å². The Balaban J connectivity index is 1.89. The molecule has 2 rings (SSSR count). The zero-order valence-corrected chi connectivity index (χ0v) is 13.9. The molecule has 7 heteroatoms. The number of carbonyl (C=O) groups is 2. The summed E-state index contributed by atoms with van der Waals surface area (Å²) in [5.74, 6) is -0.674. The van der Waals surface area contributed by atoms with Crippen molar-refractivity contribution in [3.05, 3.63) is 39.4 Å². The Morgan fingerprint density at radius 2 is 2.04 bits per heavy atom. The molecule has 24 heavy (non-hydrogen) atoms. The zero-order chi connectivity index (χ0) is 17.7. The van der Waals surface area contributed by atoms with E-state index in [-0.39, 0.29) is 29.8 Å². The van der Waals surface area contributed by atoms with Gasteiger partial charge in [-0.2, -0.15) is 0 Å². The van der Waals surface area contributed by atoms with Crippen molar-refractivity contribution in [1.82, 2.24) is 5.32 Å². The fourth-order valence-corrected chi connectivity index (χ4v) is 2.93. The first-order chi connectivity index (χ1) is 11.4. The van der Waals surface area contributed by atoms with Crippen molar-refractivity contribution in [3.63, 3.8) is 0 Å². The Morgan fingerprint density at radius 1 is 1.33 bits per heavy atom. The third-order valence-corrected chi connectivity index (χ3v) is 4.43. The SMILES string of the molecule is Cc1ccc(C(=O)OCC(=O)N[C@@H]2CCCC[C@@H]2C)cc1[N+](=O)[O-]. The molecule has 2 atom stereocenters. The van der Waals surface area contributed by atoms with Gasteiger partial charge in [-0.05, 0) is 31.7 Å². The lowest BCUT2D eigenvalue weighted by Crippen LogP contribution is -2.42. The van der Waals surface area contributed by atoms with Gasteiger partial charge < -0.3 is 10.1 Å². The molecule has 0 spiro atoms. The minimum Gasteiger partial charge on any atom is -0.452 e. The van der Waals surface area contributed by atoms with Crippen molar-refractivity contribution in [2.75, 3.05) is 6.61 Å². The molecule has 0 radical (unpaired) electrons. The van der Waals surface area contributed by atoms with E-state index in [1.165, 1.54) is 24.6 Å². The highest BCUT2D eigenvalue weighted by Crippen LogP contribution is 2.23. The summed E-state index contributed by atoms with van der Waals surface area (Å²) >= 11 is 0. The molecule has 130 valence electrons. The number of hydrogen-bond donors (Lipinski definition) is 1. The van der Waals surface area contributed by atoms with E-state index in [0.717, 1.165) is 19.3 Å². The Labute approximate surface area is 140 Å². The van der Waals surface area contributed by atoms with Crippen LogP contribution in [0.1, 0.15) is 48.5 Å². The van der Waals surface area contributed by atoms with E-state index in [9.17, 15) is 19.7 Å². The maximum Gasteiger partial charge on any atom is 0.338 e. The maximum atomic E-state index is 12.0. The Bertz CT molecular complexity index is 644. The summed E-state index contributed by atoms with van der Waals surface area (Å²) in [6, 6.07) is 4.22. The molecule has 1 amide bonds. The average Bonchev–Trinajstić information content (AvgIpc) is 2.55. The van der Waals surface area contributed by atoms with Crippen LogP contribution in [0.5, 0.6) is 0 Å². The summed E-state index contributed by atoms with van der Waals surface area (Å²) in [5.41, 5.74) is 0.372. The van der Waals surface area contributed by atoms with Crippen molar-refractivity contribution in [2.24, 2.45) is 5.92 Å². The van der Waals surface area contributed by atoms with Gasteiger partial charge in [-0.25, -0.2) is 4.79 Å². The number of ether oxygens (including phenoxy) is 1. The van der Waals surface area contributed by atoms with Gasteiger partial charge in [0.2, 0.25) is 0 Å². The zero-order valence-electron chi connectivity index (χ0n) is 13.9. The largest absolute Gasteiger partial charge is 0.452 e. The van der Waals surface area contributed by atoms with Gasteiger partial charge >= 0.3 is 5.97 Å². The predicted octanol–water partition coefficient (Wildman–Crippen LogP) is 2.75. The number of aryl methyl sites for hydroxylation is 1. The van der Waals surface area contributed by atoms with Crippen LogP contribution in [-0.2, 0) is 9.53 Å². The number of esters is 1. The van der Waals surface area contributed by atoms with Crippen LogP contribution in [0.4, 0.5) is 5.69 Å². The van der Waals surface area contributed by atoms with Crippen LogP contribution >= 0.6 is 0 Å². The van der Waals surface area contributed by atoms with Gasteiger partial charge in [0.05, 0.1) is 10.5 Å². The lowest BCUT2D eigenvalue weighted by molar-refractivity contribution is -0.385. The fourth-order valence-electron chi connectivity index (χ4n) is 2.93. The lowest BCUT2D eigenvalue weighted by atomic mass is 9.86. The quantitative estimate of drug-likeness (QED) is 0.507. The monoisotopic (exact) mass is 334 g/mol. The summed E-state index contributed by atoms with van der Waals surface area (Å²) < 4.78 is 4.97. The molecule has 1 aromatic rings. The van der Waals surface area contributed by atoms with Gasteiger partial charge in [-0.1, -0.05) is 25.8 Å². The number of nitro benzene ring substituents is 1. The Hall–Kier alpha value is -2.44. The molecule has 0 aromatic heterocycles. The summed E-state index contributed by atoms with van der Waals surface area (Å²) in [4.78, 5) is 34.2. The van der Waals surface area contributed by atoms with Crippen LogP contribution in [-0.4, -0.2) is 29.4 Å². The summed E-state index contributed by atoms with van der Waals surface area (Å²) in [6.07, 6.45) is 4.28. The number of benzene rings is 1. The van der Waals surface area contributed by atoms with Crippen molar-refractivity contribution in [1.29, 1.82) is 0 Å². The maximum absolute atomic E-state index is 12.0. The second-order valence-electron chi connectivity index (χ2n) is 6.27. The van der Waals surface area contributed by atoms with Gasteiger partial charge in [0.15, 0.2) is 6.61 Å². The summed E-state index contributed by atoms with van der Waals surface area (Å²) in [5, 5.41) is 13.8.